The second-order valence-corrected chi connectivity index (χ2v) is 5.56. The minimum absolute atomic E-state index is 0.000258. The summed E-state index contributed by atoms with van der Waals surface area (Å²) in [6.45, 7) is 0. The maximum Gasteiger partial charge on any atom is 0.228 e. The Morgan fingerprint density at radius 3 is 2.62 bits per heavy atom. The van der Waals surface area contributed by atoms with Crippen LogP contribution in [0.5, 0.6) is 0 Å². The molecule has 4 heteroatoms. The van der Waals surface area contributed by atoms with E-state index in [0.717, 1.165) is 21.7 Å². The van der Waals surface area contributed by atoms with Crippen LogP contribution in [0.1, 0.15) is 5.56 Å². The molecule has 0 aliphatic heterocycles. The lowest BCUT2D eigenvalue weighted by atomic mass is 10.1. The van der Waals surface area contributed by atoms with E-state index in [9.17, 15) is 4.79 Å². The molecular formula is C17H14N2OS. The number of nitrogens with one attached hydrogen (secondary N) is 1. The molecule has 104 valence electrons. The molecule has 1 N–H and O–H groups in total. The van der Waals surface area contributed by atoms with E-state index in [1.807, 2.05) is 53.9 Å². The van der Waals surface area contributed by atoms with Gasteiger partial charge >= 0.3 is 0 Å². The molecule has 1 aromatic carbocycles. The van der Waals surface area contributed by atoms with Crippen molar-refractivity contribution in [3.05, 3.63) is 71.9 Å². The number of hydrogen-bond donors (Lipinski definition) is 1. The summed E-state index contributed by atoms with van der Waals surface area (Å²) in [7, 11) is 0. The predicted molar refractivity (Wildman–Crippen MR) is 86.3 cm³/mol. The number of amides is 1. The summed E-state index contributed by atoms with van der Waals surface area (Å²) in [4.78, 5) is 17.1. The molecule has 0 saturated heterocycles. The van der Waals surface area contributed by atoms with Crippen LogP contribution in [0.3, 0.4) is 0 Å². The van der Waals surface area contributed by atoms with Crippen LogP contribution in [0.25, 0.3) is 10.4 Å². The number of carbonyl (C=O) groups excluding carboxylic acids is 1. The largest absolute Gasteiger partial charge is 0.325 e. The van der Waals surface area contributed by atoms with Gasteiger partial charge in [0, 0.05) is 22.7 Å². The van der Waals surface area contributed by atoms with Gasteiger partial charge in [0.2, 0.25) is 5.91 Å². The van der Waals surface area contributed by atoms with Crippen LogP contribution in [-0.4, -0.2) is 10.9 Å². The lowest BCUT2D eigenvalue weighted by Gasteiger charge is -2.02. The van der Waals surface area contributed by atoms with Crippen molar-refractivity contribution in [2.45, 2.75) is 6.42 Å². The van der Waals surface area contributed by atoms with Gasteiger partial charge in [-0.15, -0.1) is 11.3 Å². The molecule has 0 spiro atoms. The van der Waals surface area contributed by atoms with Crippen LogP contribution in [0.2, 0.25) is 0 Å². The number of anilines is 1. The van der Waals surface area contributed by atoms with E-state index in [1.165, 1.54) is 0 Å². The molecule has 0 aliphatic rings. The van der Waals surface area contributed by atoms with Crippen molar-refractivity contribution < 1.29 is 4.79 Å². The van der Waals surface area contributed by atoms with Crippen molar-refractivity contribution in [2.75, 3.05) is 5.32 Å². The van der Waals surface area contributed by atoms with Gasteiger partial charge in [-0.3, -0.25) is 9.78 Å². The second kappa shape index (κ2) is 6.33. The highest BCUT2D eigenvalue weighted by atomic mass is 32.1. The zero-order valence-corrected chi connectivity index (χ0v) is 12.1. The molecular weight excluding hydrogens is 280 g/mol. The number of nitrogens with zero attached hydrogens (tertiary/aromatic N) is 1. The summed E-state index contributed by atoms with van der Waals surface area (Å²) in [5.74, 6) is 0.000258. The highest BCUT2D eigenvalue weighted by Crippen LogP contribution is 2.29. The average molecular weight is 294 g/mol. The summed E-state index contributed by atoms with van der Waals surface area (Å²) >= 11 is 1.61. The predicted octanol–water partition coefficient (Wildman–Crippen LogP) is 3.99. The first-order valence-electron chi connectivity index (χ1n) is 6.64. The maximum atomic E-state index is 12.0. The van der Waals surface area contributed by atoms with Crippen LogP contribution in [0.15, 0.2) is 66.3 Å². The Labute approximate surface area is 127 Å². The number of aromatic nitrogens is 1. The van der Waals surface area contributed by atoms with Gasteiger partial charge in [0.1, 0.15) is 0 Å². The van der Waals surface area contributed by atoms with Gasteiger partial charge in [-0.1, -0.05) is 30.3 Å². The van der Waals surface area contributed by atoms with Crippen molar-refractivity contribution in [1.29, 1.82) is 0 Å². The number of benzene rings is 1. The molecule has 3 nitrogen and oxygen atoms in total. The Kier molecular flexibility index (Phi) is 4.07. The van der Waals surface area contributed by atoms with Gasteiger partial charge in [-0.05, 0) is 29.3 Å². The highest BCUT2D eigenvalue weighted by molar-refractivity contribution is 7.14. The summed E-state index contributed by atoms with van der Waals surface area (Å²) in [5.41, 5.74) is 2.96. The Balaban J connectivity index is 1.66. The first-order valence-corrected chi connectivity index (χ1v) is 7.52. The van der Waals surface area contributed by atoms with Gasteiger partial charge in [-0.2, -0.15) is 0 Å². The van der Waals surface area contributed by atoms with Crippen LogP contribution in [-0.2, 0) is 11.2 Å². The lowest BCUT2D eigenvalue weighted by Crippen LogP contribution is -2.13. The third kappa shape index (κ3) is 3.55. The Morgan fingerprint density at radius 2 is 1.86 bits per heavy atom. The Bertz CT molecular complexity index is 723. The van der Waals surface area contributed by atoms with Gasteiger partial charge in [0.15, 0.2) is 0 Å². The fraction of sp³-hybridized carbons (Fsp3) is 0.0588. The minimum atomic E-state index is 0.000258. The molecule has 21 heavy (non-hydrogen) atoms. The first kappa shape index (κ1) is 13.5. The highest BCUT2D eigenvalue weighted by Gasteiger charge is 2.07. The second-order valence-electron chi connectivity index (χ2n) is 4.65. The molecule has 1 amide bonds. The molecule has 0 aliphatic carbocycles. The third-order valence-corrected chi connectivity index (χ3v) is 4.03. The number of hydrogen-bond acceptors (Lipinski definition) is 3. The van der Waals surface area contributed by atoms with Crippen LogP contribution in [0, 0.1) is 0 Å². The normalized spacial score (nSPS) is 10.3. The average Bonchev–Trinajstić information content (AvgIpc) is 2.97. The summed E-state index contributed by atoms with van der Waals surface area (Å²) < 4.78 is 0. The van der Waals surface area contributed by atoms with Crippen molar-refractivity contribution in [1.82, 2.24) is 4.98 Å². The topological polar surface area (TPSA) is 42.0 Å². The first-order chi connectivity index (χ1) is 10.3. The molecule has 2 aromatic heterocycles. The summed E-state index contributed by atoms with van der Waals surface area (Å²) in [5, 5.41) is 4.89. The molecule has 2 heterocycles. The van der Waals surface area contributed by atoms with Gasteiger partial charge < -0.3 is 5.32 Å². The number of rotatable bonds is 4. The Morgan fingerprint density at radius 1 is 1.10 bits per heavy atom. The molecule has 0 radical (unpaired) electrons. The standard InChI is InChI=1S/C17H14N2OS/c20-17(10-13-4-2-1-3-5-13)19-15-11-16(21-12-15)14-6-8-18-9-7-14/h1-9,11-12H,10H2,(H,19,20). The quantitative estimate of drug-likeness (QED) is 0.790. The van der Waals surface area contributed by atoms with E-state index in [4.69, 9.17) is 0 Å². The lowest BCUT2D eigenvalue weighted by molar-refractivity contribution is -0.115. The molecule has 3 rings (SSSR count). The molecule has 0 saturated carbocycles. The van der Waals surface area contributed by atoms with Crippen molar-refractivity contribution in [2.24, 2.45) is 0 Å². The van der Waals surface area contributed by atoms with Gasteiger partial charge in [0.25, 0.3) is 0 Å². The zero-order chi connectivity index (χ0) is 14.5. The molecule has 0 fully saturated rings. The maximum absolute atomic E-state index is 12.0. The molecule has 3 aromatic rings. The van der Waals surface area contributed by atoms with Gasteiger partial charge in [0.05, 0.1) is 12.1 Å². The van der Waals surface area contributed by atoms with E-state index >= 15 is 0 Å². The van der Waals surface area contributed by atoms with Gasteiger partial charge in [-0.25, -0.2) is 0 Å². The fourth-order valence-electron chi connectivity index (χ4n) is 2.06. The Hall–Kier alpha value is -2.46. The summed E-state index contributed by atoms with van der Waals surface area (Å²) in [6, 6.07) is 15.6. The van der Waals surface area contributed by atoms with Crippen molar-refractivity contribution in [3.8, 4) is 10.4 Å². The fourth-order valence-corrected chi connectivity index (χ4v) is 2.90. The molecule has 0 bridgehead atoms. The van der Waals surface area contributed by atoms with E-state index < -0.39 is 0 Å². The zero-order valence-electron chi connectivity index (χ0n) is 11.3. The van der Waals surface area contributed by atoms with E-state index in [0.29, 0.717) is 6.42 Å². The van der Waals surface area contributed by atoms with Crippen molar-refractivity contribution >= 4 is 22.9 Å². The number of carbonyl (C=O) groups is 1. The van der Waals surface area contributed by atoms with E-state index in [2.05, 4.69) is 10.3 Å². The van der Waals surface area contributed by atoms with Crippen LogP contribution >= 0.6 is 11.3 Å². The van der Waals surface area contributed by atoms with Crippen molar-refractivity contribution in [3.63, 3.8) is 0 Å². The molecule has 0 atom stereocenters. The van der Waals surface area contributed by atoms with E-state index in [-0.39, 0.29) is 5.91 Å². The van der Waals surface area contributed by atoms with E-state index in [1.54, 1.807) is 23.7 Å². The SMILES string of the molecule is O=C(Cc1ccccc1)Nc1csc(-c2ccncc2)c1. The number of thiophene rings is 1. The monoisotopic (exact) mass is 294 g/mol. The van der Waals surface area contributed by atoms with Crippen LogP contribution in [0.4, 0.5) is 5.69 Å². The smallest absolute Gasteiger partial charge is 0.228 e. The molecule has 0 unspecified atom stereocenters. The van der Waals surface area contributed by atoms with Crippen LogP contribution < -0.4 is 5.32 Å². The number of pyridine rings is 1. The minimum Gasteiger partial charge on any atom is -0.325 e. The third-order valence-electron chi connectivity index (χ3n) is 3.06. The summed E-state index contributed by atoms with van der Waals surface area (Å²) in [6.07, 6.45) is 3.92.